The Labute approximate surface area is 224 Å². The smallest absolute Gasteiger partial charge is 0.308 e. The number of amides is 1. The summed E-state index contributed by atoms with van der Waals surface area (Å²) in [5, 5.41) is 16.9. The Bertz CT molecular complexity index is 1350. The molecule has 198 valence electrons. The highest BCUT2D eigenvalue weighted by molar-refractivity contribution is 5.98. The Morgan fingerprint density at radius 3 is 2.66 bits per heavy atom. The van der Waals surface area contributed by atoms with E-state index in [9.17, 15) is 14.7 Å². The number of esters is 1. The van der Waals surface area contributed by atoms with Crippen LogP contribution in [0.4, 0.5) is 0 Å². The van der Waals surface area contributed by atoms with Crippen molar-refractivity contribution in [3.63, 3.8) is 0 Å². The van der Waals surface area contributed by atoms with Crippen molar-refractivity contribution in [2.45, 2.75) is 56.6 Å². The maximum atomic E-state index is 13.4. The fraction of sp³-hybridized carbons (Fsp3) is 0.438. The van der Waals surface area contributed by atoms with Crippen molar-refractivity contribution in [1.29, 1.82) is 0 Å². The summed E-state index contributed by atoms with van der Waals surface area (Å²) in [6, 6.07) is 21.4. The fourth-order valence-corrected chi connectivity index (χ4v) is 6.86. The second kappa shape index (κ2) is 10.2. The molecule has 4 atom stereocenters. The molecule has 1 saturated heterocycles. The molecule has 3 aliphatic rings. The van der Waals surface area contributed by atoms with Crippen molar-refractivity contribution in [3.8, 4) is 5.75 Å². The van der Waals surface area contributed by atoms with E-state index >= 15 is 0 Å². The number of rotatable bonds is 6. The van der Waals surface area contributed by atoms with E-state index in [-0.39, 0.29) is 29.3 Å². The van der Waals surface area contributed by atoms with Crippen LogP contribution in [0.5, 0.6) is 5.75 Å². The molecule has 6 rings (SSSR count). The number of aliphatic hydroxyl groups is 1. The Morgan fingerprint density at radius 2 is 1.87 bits per heavy atom. The lowest BCUT2D eigenvalue weighted by Crippen LogP contribution is -2.61. The molecule has 3 aromatic carbocycles. The summed E-state index contributed by atoms with van der Waals surface area (Å²) in [4.78, 5) is 27.5. The van der Waals surface area contributed by atoms with Crippen molar-refractivity contribution in [2.75, 3.05) is 19.6 Å². The molecule has 1 amide bonds. The minimum absolute atomic E-state index is 0.0522. The van der Waals surface area contributed by atoms with Crippen LogP contribution in [0, 0.1) is 11.8 Å². The maximum Gasteiger partial charge on any atom is 0.308 e. The highest BCUT2D eigenvalue weighted by Gasteiger charge is 2.52. The van der Waals surface area contributed by atoms with Gasteiger partial charge in [-0.15, -0.1) is 0 Å². The van der Waals surface area contributed by atoms with Crippen LogP contribution in [0.1, 0.15) is 54.9 Å². The number of ether oxygens (including phenoxy) is 1. The number of piperidine rings is 1. The van der Waals surface area contributed by atoms with E-state index < -0.39 is 6.10 Å². The first-order valence-corrected chi connectivity index (χ1v) is 13.9. The van der Waals surface area contributed by atoms with Crippen LogP contribution in [0.25, 0.3) is 10.8 Å². The summed E-state index contributed by atoms with van der Waals surface area (Å²) >= 11 is 0. The maximum absolute atomic E-state index is 13.4. The number of carbonyl (C=O) groups excluding carboxylic acids is 2. The Morgan fingerprint density at radius 1 is 1.05 bits per heavy atom. The normalized spacial score (nSPS) is 27.5. The van der Waals surface area contributed by atoms with Crippen LogP contribution in [0.15, 0.2) is 66.7 Å². The molecule has 2 saturated carbocycles. The van der Waals surface area contributed by atoms with Crippen molar-refractivity contribution in [3.05, 3.63) is 77.9 Å². The third kappa shape index (κ3) is 5.07. The second-order valence-electron chi connectivity index (χ2n) is 11.6. The number of benzene rings is 3. The molecule has 1 aliphatic heterocycles. The van der Waals surface area contributed by atoms with Gasteiger partial charge in [0, 0.05) is 43.0 Å². The van der Waals surface area contributed by atoms with Gasteiger partial charge < -0.3 is 20.1 Å². The predicted octanol–water partition coefficient (Wildman–Crippen LogP) is 4.69. The monoisotopic (exact) mass is 512 g/mol. The lowest BCUT2D eigenvalue weighted by Gasteiger charge is -2.55. The van der Waals surface area contributed by atoms with Crippen LogP contribution in [-0.2, 0) is 10.2 Å². The van der Waals surface area contributed by atoms with Crippen LogP contribution >= 0.6 is 0 Å². The Balaban J connectivity index is 1.28. The molecule has 0 radical (unpaired) electrons. The average Bonchev–Trinajstić information content (AvgIpc) is 3.72. The summed E-state index contributed by atoms with van der Waals surface area (Å²) in [6.45, 7) is 4.32. The lowest BCUT2D eigenvalue weighted by molar-refractivity contribution is -0.131. The molecular weight excluding hydrogens is 476 g/mol. The second-order valence-corrected chi connectivity index (χ2v) is 11.6. The summed E-state index contributed by atoms with van der Waals surface area (Å²) in [5.41, 5.74) is 1.40. The zero-order chi connectivity index (χ0) is 26.3. The number of hydrogen-bond acceptors (Lipinski definition) is 5. The fourth-order valence-electron chi connectivity index (χ4n) is 6.86. The van der Waals surface area contributed by atoms with Gasteiger partial charge in [0.05, 0.1) is 6.10 Å². The number of carbonyl (C=O) groups is 2. The topological polar surface area (TPSA) is 78.9 Å². The van der Waals surface area contributed by atoms with Gasteiger partial charge in [0.25, 0.3) is 5.91 Å². The van der Waals surface area contributed by atoms with Gasteiger partial charge in [-0.05, 0) is 85.2 Å². The van der Waals surface area contributed by atoms with E-state index in [0.717, 1.165) is 54.7 Å². The molecule has 38 heavy (non-hydrogen) atoms. The van der Waals surface area contributed by atoms with E-state index in [1.54, 1.807) is 6.07 Å². The molecule has 0 bridgehead atoms. The largest absolute Gasteiger partial charge is 0.427 e. The molecule has 1 heterocycles. The number of fused-ring (bicyclic) bond motifs is 2. The third-order valence-electron chi connectivity index (χ3n) is 8.87. The van der Waals surface area contributed by atoms with Crippen LogP contribution in [0.3, 0.4) is 0 Å². The van der Waals surface area contributed by atoms with E-state index in [4.69, 9.17) is 4.74 Å². The predicted molar refractivity (Wildman–Crippen MR) is 147 cm³/mol. The van der Waals surface area contributed by atoms with Crippen molar-refractivity contribution >= 4 is 22.6 Å². The van der Waals surface area contributed by atoms with Gasteiger partial charge in [-0.25, -0.2) is 0 Å². The van der Waals surface area contributed by atoms with Gasteiger partial charge in [-0.1, -0.05) is 42.5 Å². The zero-order valence-electron chi connectivity index (χ0n) is 21.9. The summed E-state index contributed by atoms with van der Waals surface area (Å²) in [5.74, 6) is 0.919. The molecule has 0 aromatic heterocycles. The molecule has 2 aliphatic carbocycles. The zero-order valence-corrected chi connectivity index (χ0v) is 21.9. The first-order chi connectivity index (χ1) is 18.4. The first kappa shape index (κ1) is 25.1. The van der Waals surface area contributed by atoms with Gasteiger partial charge in [-0.3, -0.25) is 9.59 Å². The van der Waals surface area contributed by atoms with Gasteiger partial charge in [-0.2, -0.15) is 0 Å². The molecule has 2 N–H and O–H groups in total. The minimum atomic E-state index is -0.537. The highest BCUT2D eigenvalue weighted by atomic mass is 16.5. The molecular formula is C32H36N2O4. The first-order valence-electron chi connectivity index (χ1n) is 13.9. The van der Waals surface area contributed by atoms with E-state index in [0.29, 0.717) is 17.7 Å². The number of aliphatic hydroxyl groups excluding tert-OH is 1. The molecule has 0 spiro atoms. The van der Waals surface area contributed by atoms with Gasteiger partial charge in [0.2, 0.25) is 0 Å². The number of likely N-dealkylation sites (tertiary alicyclic amines) is 1. The Hall–Kier alpha value is -3.22. The van der Waals surface area contributed by atoms with Crippen molar-refractivity contribution < 1.29 is 19.4 Å². The summed E-state index contributed by atoms with van der Waals surface area (Å²) in [7, 11) is 0. The molecule has 3 aromatic rings. The summed E-state index contributed by atoms with van der Waals surface area (Å²) < 4.78 is 5.43. The average molecular weight is 513 g/mol. The van der Waals surface area contributed by atoms with E-state index in [2.05, 4.69) is 16.3 Å². The molecule has 6 heteroatoms. The number of hydrogen-bond donors (Lipinski definition) is 2. The minimum Gasteiger partial charge on any atom is -0.427 e. The molecule has 6 nitrogen and oxygen atoms in total. The van der Waals surface area contributed by atoms with E-state index in [1.165, 1.54) is 19.8 Å². The Kier molecular flexibility index (Phi) is 6.70. The standard InChI is InChI=1S/C32H36N2O4/c1-21(35)38-28-8-4-7-26(16-28)32-13-14-34(19-22-9-10-22)20-29(32)30(36)17-27(18-32)33-31(37)25-12-11-23-5-2-3-6-24(23)15-25/h2-8,11-12,15-16,22,27,29-30,36H,9-10,13-14,17-20H2,1H3,(H,33,37). The number of nitrogens with one attached hydrogen (secondary N) is 1. The lowest BCUT2D eigenvalue weighted by atomic mass is 9.57. The van der Waals surface area contributed by atoms with Gasteiger partial charge in [0.15, 0.2) is 0 Å². The van der Waals surface area contributed by atoms with Crippen LogP contribution in [-0.4, -0.2) is 53.7 Å². The third-order valence-corrected chi connectivity index (χ3v) is 8.87. The van der Waals surface area contributed by atoms with Crippen molar-refractivity contribution in [2.24, 2.45) is 11.8 Å². The van der Waals surface area contributed by atoms with Gasteiger partial charge >= 0.3 is 5.97 Å². The van der Waals surface area contributed by atoms with Crippen LogP contribution < -0.4 is 10.1 Å². The van der Waals surface area contributed by atoms with E-state index in [1.807, 2.05) is 54.6 Å². The van der Waals surface area contributed by atoms with Crippen LogP contribution in [0.2, 0.25) is 0 Å². The number of nitrogens with zero attached hydrogens (tertiary/aromatic N) is 1. The quantitative estimate of drug-likeness (QED) is 0.370. The molecule has 3 fully saturated rings. The SMILES string of the molecule is CC(=O)Oc1cccc(C23CCN(CC4CC4)CC2C(O)CC(NC(=O)c2ccc4ccccc4c2)C3)c1. The van der Waals surface area contributed by atoms with Crippen molar-refractivity contribution in [1.82, 2.24) is 10.2 Å². The van der Waals surface area contributed by atoms with Gasteiger partial charge in [0.1, 0.15) is 5.75 Å². The molecule has 4 unspecified atom stereocenters. The highest BCUT2D eigenvalue weighted by Crippen LogP contribution is 2.50. The summed E-state index contributed by atoms with van der Waals surface area (Å²) in [6.07, 6.45) is 4.25.